The normalized spacial score (nSPS) is 12.0. The molecule has 118 valence electrons. The van der Waals surface area contributed by atoms with Crippen molar-refractivity contribution in [2.45, 2.75) is 18.7 Å². The molecule has 0 unspecified atom stereocenters. The van der Waals surface area contributed by atoms with Crippen molar-refractivity contribution in [3.05, 3.63) is 40.2 Å². The maximum Gasteiger partial charge on any atom is 0.249 e. The van der Waals surface area contributed by atoms with E-state index in [4.69, 9.17) is 0 Å². The molecule has 0 saturated heterocycles. The van der Waals surface area contributed by atoms with Gasteiger partial charge in [-0.3, -0.25) is 4.79 Å². The van der Waals surface area contributed by atoms with Gasteiger partial charge in [0, 0.05) is 35.6 Å². The molecule has 1 aromatic carbocycles. The van der Waals surface area contributed by atoms with E-state index in [9.17, 15) is 23.1 Å². The fourth-order valence-electron chi connectivity index (χ4n) is 2.27. The average Bonchev–Trinajstić information content (AvgIpc) is 2.46. The Morgan fingerprint density at radius 1 is 1.23 bits per heavy atom. The number of aromatic nitrogens is 1. The topological polar surface area (TPSA) is 110 Å². The monoisotopic (exact) mass is 323 g/mol. The number of rotatable bonds is 5. The molecule has 0 atom stereocenters. The molecule has 2 aromatic rings. The molecule has 7 nitrogen and oxygen atoms in total. The van der Waals surface area contributed by atoms with Crippen LogP contribution in [0.5, 0.6) is 0 Å². The molecule has 2 rings (SSSR count). The molecule has 0 fully saturated rings. The Morgan fingerprint density at radius 2 is 1.86 bits per heavy atom. The third kappa shape index (κ3) is 2.75. The van der Waals surface area contributed by atoms with Crippen LogP contribution in [0, 0.1) is 0 Å². The smallest absolute Gasteiger partial charge is 0.249 e. The van der Waals surface area contributed by atoms with Crippen LogP contribution < -0.4 is 10.7 Å². The maximum absolute atomic E-state index is 12.5. The largest absolute Gasteiger partial charge is 0.545 e. The van der Waals surface area contributed by atoms with Crippen LogP contribution in [0.15, 0.2) is 34.0 Å². The van der Waals surface area contributed by atoms with Gasteiger partial charge in [-0.05, 0) is 18.2 Å². The van der Waals surface area contributed by atoms with E-state index < -0.39 is 21.6 Å². The van der Waals surface area contributed by atoms with Crippen molar-refractivity contribution in [2.75, 3.05) is 13.1 Å². The quantitative estimate of drug-likeness (QED) is 0.827. The summed E-state index contributed by atoms with van der Waals surface area (Å²) in [6.45, 7) is 4.03. The standard InChI is InChI=1S/C14H16N2O5S/c1-3-16(4-2)22(20,21)9-5-6-12-10(7-9)11(14(18)19)8-13(17)15-12/h5-8H,3-4H2,1-2H3,(H,15,17)(H,18,19)/p-1. The predicted octanol–water partition coefficient (Wildman–Crippen LogP) is -0.0779. The van der Waals surface area contributed by atoms with Gasteiger partial charge in [0.15, 0.2) is 0 Å². The van der Waals surface area contributed by atoms with Crippen molar-refractivity contribution in [1.82, 2.24) is 9.29 Å². The number of nitrogens with zero attached hydrogens (tertiary/aromatic N) is 1. The summed E-state index contributed by atoms with van der Waals surface area (Å²) in [5.74, 6) is -1.53. The van der Waals surface area contributed by atoms with Gasteiger partial charge in [-0.25, -0.2) is 8.42 Å². The lowest BCUT2D eigenvalue weighted by Crippen LogP contribution is -2.30. The zero-order chi connectivity index (χ0) is 16.5. The summed E-state index contributed by atoms with van der Waals surface area (Å²) in [6, 6.07) is 4.83. The fraction of sp³-hybridized carbons (Fsp3) is 0.286. The number of benzene rings is 1. The Hall–Kier alpha value is -2.19. The summed E-state index contributed by atoms with van der Waals surface area (Å²) < 4.78 is 26.2. The lowest BCUT2D eigenvalue weighted by atomic mass is 10.1. The van der Waals surface area contributed by atoms with Crippen LogP contribution in [0.3, 0.4) is 0 Å². The number of carboxylic acid groups (broad SMARTS) is 1. The van der Waals surface area contributed by atoms with E-state index in [2.05, 4.69) is 4.98 Å². The molecule has 0 aliphatic rings. The number of carbonyl (C=O) groups excluding carboxylic acids is 1. The minimum atomic E-state index is -3.72. The zero-order valence-electron chi connectivity index (χ0n) is 12.1. The number of hydrogen-bond acceptors (Lipinski definition) is 5. The number of carboxylic acids is 1. The number of nitrogens with one attached hydrogen (secondary N) is 1. The first kappa shape index (κ1) is 16.2. The molecular formula is C14H15N2O5S-. The summed E-state index contributed by atoms with van der Waals surface area (Å²) in [4.78, 5) is 25.0. The van der Waals surface area contributed by atoms with Gasteiger partial charge in [-0.1, -0.05) is 13.8 Å². The van der Waals surface area contributed by atoms with Crippen molar-refractivity contribution in [3.8, 4) is 0 Å². The van der Waals surface area contributed by atoms with Crippen LogP contribution in [-0.2, 0) is 10.0 Å². The van der Waals surface area contributed by atoms with Gasteiger partial charge in [0.25, 0.3) is 0 Å². The molecule has 0 radical (unpaired) electrons. The van der Waals surface area contributed by atoms with Gasteiger partial charge in [0.2, 0.25) is 15.6 Å². The van der Waals surface area contributed by atoms with Gasteiger partial charge >= 0.3 is 0 Å². The molecule has 22 heavy (non-hydrogen) atoms. The van der Waals surface area contributed by atoms with Crippen LogP contribution in [0.25, 0.3) is 10.9 Å². The van der Waals surface area contributed by atoms with E-state index in [0.717, 1.165) is 6.07 Å². The summed E-state index contributed by atoms with van der Waals surface area (Å²) in [7, 11) is -3.72. The fourth-order valence-corrected chi connectivity index (χ4v) is 3.76. The Balaban J connectivity index is 2.75. The van der Waals surface area contributed by atoms with Crippen LogP contribution in [0.4, 0.5) is 0 Å². The van der Waals surface area contributed by atoms with Gasteiger partial charge < -0.3 is 14.9 Å². The number of pyridine rings is 1. The Bertz CT molecular complexity index is 882. The predicted molar refractivity (Wildman–Crippen MR) is 79.0 cm³/mol. The summed E-state index contributed by atoms with van der Waals surface area (Å²) in [6.07, 6.45) is 0. The molecule has 1 heterocycles. The highest BCUT2D eigenvalue weighted by Gasteiger charge is 2.22. The summed E-state index contributed by atoms with van der Waals surface area (Å²) in [5, 5.41) is 11.3. The second kappa shape index (κ2) is 5.90. The molecule has 0 amide bonds. The lowest BCUT2D eigenvalue weighted by Gasteiger charge is -2.19. The van der Waals surface area contributed by atoms with E-state index in [1.54, 1.807) is 13.8 Å². The third-order valence-electron chi connectivity index (χ3n) is 3.38. The molecule has 1 aromatic heterocycles. The van der Waals surface area contributed by atoms with Crippen molar-refractivity contribution < 1.29 is 18.3 Å². The molecule has 0 aliphatic heterocycles. The Morgan fingerprint density at radius 3 is 2.41 bits per heavy atom. The highest BCUT2D eigenvalue weighted by Crippen LogP contribution is 2.22. The Kier molecular flexibility index (Phi) is 4.34. The van der Waals surface area contributed by atoms with Crippen LogP contribution >= 0.6 is 0 Å². The zero-order valence-corrected chi connectivity index (χ0v) is 12.9. The van der Waals surface area contributed by atoms with Crippen molar-refractivity contribution >= 4 is 26.9 Å². The van der Waals surface area contributed by atoms with E-state index >= 15 is 0 Å². The third-order valence-corrected chi connectivity index (χ3v) is 5.42. The van der Waals surface area contributed by atoms with Gasteiger partial charge in [0.1, 0.15) is 0 Å². The number of sulfonamides is 1. The first-order valence-electron chi connectivity index (χ1n) is 6.69. The molecule has 0 spiro atoms. The molecular weight excluding hydrogens is 308 g/mol. The van der Waals surface area contributed by atoms with Gasteiger partial charge in [0.05, 0.1) is 10.9 Å². The number of carbonyl (C=O) groups is 1. The summed E-state index contributed by atoms with van der Waals surface area (Å²) in [5.41, 5.74) is -0.688. The SMILES string of the molecule is CCN(CC)S(=O)(=O)c1ccc2[nH]c(=O)cc(C(=O)[O-])c2c1. The molecule has 1 N–H and O–H groups in total. The number of aromatic carboxylic acids is 1. The average molecular weight is 323 g/mol. The minimum Gasteiger partial charge on any atom is -0.545 e. The van der Waals surface area contributed by atoms with Gasteiger partial charge in [-0.15, -0.1) is 0 Å². The maximum atomic E-state index is 12.5. The number of aromatic amines is 1. The van der Waals surface area contributed by atoms with E-state index in [1.165, 1.54) is 22.5 Å². The number of fused-ring (bicyclic) bond motifs is 1. The Labute approximate surface area is 127 Å². The van der Waals surface area contributed by atoms with E-state index in [1.807, 2.05) is 0 Å². The molecule has 0 aliphatic carbocycles. The van der Waals surface area contributed by atoms with Crippen LogP contribution in [0.2, 0.25) is 0 Å². The van der Waals surface area contributed by atoms with Gasteiger partial charge in [-0.2, -0.15) is 4.31 Å². The minimum absolute atomic E-state index is 0.0294. The van der Waals surface area contributed by atoms with Crippen LogP contribution in [-0.4, -0.2) is 36.8 Å². The first-order valence-corrected chi connectivity index (χ1v) is 8.13. The molecule has 8 heteroatoms. The van der Waals surface area contributed by atoms with E-state index in [0.29, 0.717) is 13.1 Å². The number of H-pyrrole nitrogens is 1. The summed E-state index contributed by atoms with van der Waals surface area (Å²) >= 11 is 0. The van der Waals surface area contributed by atoms with Crippen molar-refractivity contribution in [2.24, 2.45) is 0 Å². The number of hydrogen-bond donors (Lipinski definition) is 1. The lowest BCUT2D eigenvalue weighted by molar-refractivity contribution is -0.254. The highest BCUT2D eigenvalue weighted by atomic mass is 32.2. The van der Waals surface area contributed by atoms with Crippen LogP contribution in [0.1, 0.15) is 24.2 Å². The van der Waals surface area contributed by atoms with Crippen molar-refractivity contribution in [3.63, 3.8) is 0 Å². The second-order valence-corrected chi connectivity index (χ2v) is 6.57. The molecule has 0 bridgehead atoms. The molecule has 0 saturated carbocycles. The van der Waals surface area contributed by atoms with E-state index in [-0.39, 0.29) is 21.4 Å². The van der Waals surface area contributed by atoms with Crippen molar-refractivity contribution in [1.29, 1.82) is 0 Å². The highest BCUT2D eigenvalue weighted by molar-refractivity contribution is 7.89. The second-order valence-electron chi connectivity index (χ2n) is 4.63. The first-order chi connectivity index (χ1) is 10.3.